The molecule has 0 bridgehead atoms. The fourth-order valence-corrected chi connectivity index (χ4v) is 1.69. The Balaban J connectivity index is 2.21. The van der Waals surface area contributed by atoms with E-state index in [0.29, 0.717) is 13.2 Å². The molecule has 0 amide bonds. The molecule has 1 unspecified atom stereocenters. The highest BCUT2D eigenvalue weighted by Gasteiger charge is 2.58. The van der Waals surface area contributed by atoms with Gasteiger partial charge in [0.2, 0.25) is 0 Å². The monoisotopic (exact) mass is 186 g/mol. The number of Topliss-reactive ketones (excluding diaryl/α,β-unsaturated/α-hetero) is 1. The Morgan fingerprint density at radius 2 is 2.31 bits per heavy atom. The first-order chi connectivity index (χ1) is 6.19. The molecular weight excluding hydrogens is 176 g/mol. The minimum atomic E-state index is -0.786. The van der Waals surface area contributed by atoms with Crippen LogP contribution in [0.15, 0.2) is 0 Å². The number of rotatable bonds is 1. The zero-order valence-corrected chi connectivity index (χ0v) is 7.24. The number of hydrogen-bond acceptors (Lipinski definition) is 5. The summed E-state index contributed by atoms with van der Waals surface area (Å²) in [6.45, 7) is 0.597. The third-order valence-corrected chi connectivity index (χ3v) is 2.48. The lowest BCUT2D eigenvalue weighted by Gasteiger charge is -2.39. The highest BCUT2D eigenvalue weighted by Crippen LogP contribution is 2.36. The molecule has 2 aliphatic heterocycles. The molecule has 2 heterocycles. The molecule has 0 radical (unpaired) electrons. The molecule has 5 heteroatoms. The maximum Gasteiger partial charge on any atom is 0.319 e. The molecule has 72 valence electrons. The molecule has 2 rings (SSSR count). The number of methoxy groups -OCH3 is 1. The molecule has 0 aromatic carbocycles. The Morgan fingerprint density at radius 3 is 2.77 bits per heavy atom. The molecule has 0 aromatic rings. The minimum Gasteiger partial charge on any atom is -0.468 e. The van der Waals surface area contributed by atoms with Crippen molar-refractivity contribution in [1.82, 2.24) is 0 Å². The third-order valence-electron chi connectivity index (χ3n) is 2.48. The van der Waals surface area contributed by atoms with Crippen LogP contribution in [0.2, 0.25) is 0 Å². The Labute approximate surface area is 74.9 Å². The fraction of sp³-hybridized carbons (Fsp3) is 0.750. The molecule has 0 aromatic heterocycles. The summed E-state index contributed by atoms with van der Waals surface area (Å²) in [6, 6.07) is 0. The lowest BCUT2D eigenvalue weighted by molar-refractivity contribution is -0.209. The topological polar surface area (TPSA) is 61.8 Å². The summed E-state index contributed by atoms with van der Waals surface area (Å²) in [6.07, 6.45) is 0. The summed E-state index contributed by atoms with van der Waals surface area (Å²) < 4.78 is 14.7. The quantitative estimate of drug-likeness (QED) is 0.394. The van der Waals surface area contributed by atoms with Crippen LogP contribution in [0.5, 0.6) is 0 Å². The van der Waals surface area contributed by atoms with E-state index in [2.05, 4.69) is 4.74 Å². The van der Waals surface area contributed by atoms with Gasteiger partial charge in [0.1, 0.15) is 12.2 Å². The summed E-state index contributed by atoms with van der Waals surface area (Å²) in [7, 11) is 1.27. The van der Waals surface area contributed by atoms with Gasteiger partial charge in [0.15, 0.2) is 11.7 Å². The zero-order valence-electron chi connectivity index (χ0n) is 7.24. The Morgan fingerprint density at radius 1 is 1.62 bits per heavy atom. The van der Waals surface area contributed by atoms with Crippen molar-refractivity contribution >= 4 is 11.8 Å². The van der Waals surface area contributed by atoms with Gasteiger partial charge in [-0.25, -0.2) is 0 Å². The molecule has 0 N–H and O–H groups in total. The summed E-state index contributed by atoms with van der Waals surface area (Å²) in [5.41, 5.74) is -0.718. The van der Waals surface area contributed by atoms with Crippen LogP contribution < -0.4 is 0 Å². The van der Waals surface area contributed by atoms with E-state index < -0.39 is 17.5 Å². The maximum absolute atomic E-state index is 11.3. The van der Waals surface area contributed by atoms with Crippen molar-refractivity contribution in [1.29, 1.82) is 0 Å². The highest BCUT2D eigenvalue weighted by atomic mass is 16.6. The highest BCUT2D eigenvalue weighted by molar-refractivity contribution is 6.02. The van der Waals surface area contributed by atoms with E-state index in [9.17, 15) is 9.59 Å². The normalized spacial score (nSPS) is 30.2. The zero-order chi connectivity index (χ0) is 9.47. The van der Waals surface area contributed by atoms with Gasteiger partial charge < -0.3 is 14.2 Å². The lowest BCUT2D eigenvalue weighted by Crippen LogP contribution is -2.57. The number of carbonyl (C=O) groups excluding carboxylic acids is 2. The smallest absolute Gasteiger partial charge is 0.319 e. The van der Waals surface area contributed by atoms with Gasteiger partial charge >= 0.3 is 5.97 Å². The van der Waals surface area contributed by atoms with Gasteiger partial charge in [-0.05, 0) is 0 Å². The van der Waals surface area contributed by atoms with Gasteiger partial charge in [0.25, 0.3) is 0 Å². The average molecular weight is 186 g/mol. The first-order valence-electron chi connectivity index (χ1n) is 4.02. The molecule has 13 heavy (non-hydrogen) atoms. The van der Waals surface area contributed by atoms with Crippen molar-refractivity contribution in [3.05, 3.63) is 0 Å². The molecule has 2 aliphatic rings. The molecule has 2 fully saturated rings. The summed E-state index contributed by atoms with van der Waals surface area (Å²) in [4.78, 5) is 22.6. The minimum absolute atomic E-state index is 0.0108. The van der Waals surface area contributed by atoms with Crippen LogP contribution in [0.3, 0.4) is 0 Å². The number of esters is 1. The second kappa shape index (κ2) is 2.78. The van der Waals surface area contributed by atoms with Gasteiger partial charge in [-0.2, -0.15) is 0 Å². The van der Waals surface area contributed by atoms with Crippen molar-refractivity contribution in [2.45, 2.75) is 5.60 Å². The number of ether oxygens (including phenoxy) is 3. The lowest BCUT2D eigenvalue weighted by atomic mass is 9.85. The summed E-state index contributed by atoms with van der Waals surface area (Å²) >= 11 is 0. The summed E-state index contributed by atoms with van der Waals surface area (Å²) in [5, 5.41) is 0. The van der Waals surface area contributed by atoms with E-state index in [-0.39, 0.29) is 12.4 Å². The fourth-order valence-electron chi connectivity index (χ4n) is 1.69. The van der Waals surface area contributed by atoms with Crippen molar-refractivity contribution in [2.75, 3.05) is 26.9 Å². The molecule has 5 nitrogen and oxygen atoms in total. The van der Waals surface area contributed by atoms with Crippen LogP contribution in [-0.4, -0.2) is 44.3 Å². The third kappa shape index (κ3) is 1.08. The van der Waals surface area contributed by atoms with Gasteiger partial charge in [-0.1, -0.05) is 0 Å². The van der Waals surface area contributed by atoms with E-state index in [1.807, 2.05) is 0 Å². The van der Waals surface area contributed by atoms with Crippen LogP contribution in [-0.2, 0) is 23.8 Å². The first-order valence-corrected chi connectivity index (χ1v) is 4.02. The average Bonchev–Trinajstić information content (AvgIpc) is 2.41. The molecule has 0 aliphatic carbocycles. The van der Waals surface area contributed by atoms with Crippen LogP contribution in [0.25, 0.3) is 0 Å². The standard InChI is InChI=1S/C8H10O5/c1-11-7(10)6-5(9)2-13-8(6)3-12-4-8/h6H,2-4H2,1H3. The second-order valence-electron chi connectivity index (χ2n) is 3.27. The van der Waals surface area contributed by atoms with E-state index in [0.717, 1.165) is 0 Å². The number of ketones is 1. The van der Waals surface area contributed by atoms with Gasteiger partial charge in [0.05, 0.1) is 20.3 Å². The summed E-state index contributed by atoms with van der Waals surface area (Å²) in [5.74, 6) is -1.52. The molecule has 0 saturated carbocycles. The van der Waals surface area contributed by atoms with Crippen molar-refractivity contribution in [3.8, 4) is 0 Å². The first kappa shape index (κ1) is 8.65. The van der Waals surface area contributed by atoms with Gasteiger partial charge in [-0.15, -0.1) is 0 Å². The van der Waals surface area contributed by atoms with Gasteiger partial charge in [-0.3, -0.25) is 9.59 Å². The van der Waals surface area contributed by atoms with Crippen molar-refractivity contribution in [2.24, 2.45) is 5.92 Å². The van der Waals surface area contributed by atoms with Crippen molar-refractivity contribution < 1.29 is 23.8 Å². The SMILES string of the molecule is COC(=O)C1C(=O)COC12COC2. The van der Waals surface area contributed by atoms with E-state index in [4.69, 9.17) is 9.47 Å². The van der Waals surface area contributed by atoms with Crippen LogP contribution in [0, 0.1) is 5.92 Å². The van der Waals surface area contributed by atoms with Crippen molar-refractivity contribution in [3.63, 3.8) is 0 Å². The molecular formula is C8H10O5. The molecule has 1 atom stereocenters. The Bertz CT molecular complexity index is 255. The molecule has 1 spiro atoms. The number of hydrogen-bond donors (Lipinski definition) is 0. The van der Waals surface area contributed by atoms with Crippen LogP contribution in [0.1, 0.15) is 0 Å². The molecule has 2 saturated heterocycles. The van der Waals surface area contributed by atoms with Crippen LogP contribution >= 0.6 is 0 Å². The largest absolute Gasteiger partial charge is 0.468 e. The second-order valence-corrected chi connectivity index (χ2v) is 3.27. The van der Waals surface area contributed by atoms with E-state index in [1.165, 1.54) is 7.11 Å². The van der Waals surface area contributed by atoms with E-state index in [1.54, 1.807) is 0 Å². The van der Waals surface area contributed by atoms with Crippen LogP contribution in [0.4, 0.5) is 0 Å². The predicted molar refractivity (Wildman–Crippen MR) is 40.0 cm³/mol. The van der Waals surface area contributed by atoms with Gasteiger partial charge in [0, 0.05) is 0 Å². The Kier molecular flexibility index (Phi) is 1.85. The van der Waals surface area contributed by atoms with E-state index >= 15 is 0 Å². The Hall–Kier alpha value is -0.940. The predicted octanol–water partition coefficient (Wildman–Crippen LogP) is -0.856. The number of carbonyl (C=O) groups is 2. The maximum atomic E-state index is 11.3.